The van der Waals surface area contributed by atoms with Gasteiger partial charge in [-0.1, -0.05) is 12.1 Å². The Morgan fingerprint density at radius 1 is 1.42 bits per heavy atom. The summed E-state index contributed by atoms with van der Waals surface area (Å²) in [5.74, 6) is 2.62. The summed E-state index contributed by atoms with van der Waals surface area (Å²) in [6.45, 7) is 2.19. The Bertz CT molecular complexity index is 607. The molecule has 2 heterocycles. The summed E-state index contributed by atoms with van der Waals surface area (Å²) >= 11 is 7.60. The molecule has 3 rings (SSSR count). The van der Waals surface area contributed by atoms with Crippen molar-refractivity contribution in [1.29, 1.82) is 0 Å². The van der Waals surface area contributed by atoms with Gasteiger partial charge in [-0.2, -0.15) is 0 Å². The molecule has 0 unspecified atom stereocenters. The van der Waals surface area contributed by atoms with E-state index in [0.717, 1.165) is 36.7 Å². The van der Waals surface area contributed by atoms with E-state index in [-0.39, 0.29) is 23.8 Å². The number of nitrogens with zero attached hydrogens (tertiary/aromatic N) is 1. The van der Waals surface area contributed by atoms with Gasteiger partial charge in [0.1, 0.15) is 0 Å². The highest BCUT2D eigenvalue weighted by atomic mass is 35.5. The van der Waals surface area contributed by atoms with Crippen molar-refractivity contribution in [3.63, 3.8) is 0 Å². The van der Waals surface area contributed by atoms with Crippen molar-refractivity contribution in [3.05, 3.63) is 35.4 Å². The van der Waals surface area contributed by atoms with Gasteiger partial charge in [-0.3, -0.25) is 9.59 Å². The summed E-state index contributed by atoms with van der Waals surface area (Å²) in [5.41, 5.74) is 1.56. The van der Waals surface area contributed by atoms with Crippen molar-refractivity contribution in [2.24, 2.45) is 5.92 Å². The van der Waals surface area contributed by atoms with Crippen LogP contribution in [0.3, 0.4) is 0 Å². The Morgan fingerprint density at radius 2 is 2.29 bits per heavy atom. The lowest BCUT2D eigenvalue weighted by molar-refractivity contribution is -0.131. The van der Waals surface area contributed by atoms with E-state index < -0.39 is 0 Å². The summed E-state index contributed by atoms with van der Waals surface area (Å²) in [6.07, 6.45) is 0.780. The molecular weight excluding hydrogens is 346 g/mol. The van der Waals surface area contributed by atoms with Crippen LogP contribution in [0.4, 0.5) is 0 Å². The smallest absolute Gasteiger partial charge is 0.251 e. The SMILES string of the molecule is O=C(NC[C@@H]1CN[C@H](C(=O)N2CCSC2)C1)c1cccc(CCl)c1. The van der Waals surface area contributed by atoms with Gasteiger partial charge in [0.05, 0.1) is 11.9 Å². The van der Waals surface area contributed by atoms with Crippen LogP contribution in [-0.4, -0.2) is 54.0 Å². The number of carbonyl (C=O) groups is 2. The Kier molecular flexibility index (Phi) is 6.03. The number of hydrogen-bond acceptors (Lipinski definition) is 4. The highest BCUT2D eigenvalue weighted by molar-refractivity contribution is 7.99. The summed E-state index contributed by atoms with van der Waals surface area (Å²) in [5, 5.41) is 6.27. The third kappa shape index (κ3) is 4.23. The van der Waals surface area contributed by atoms with E-state index in [9.17, 15) is 9.59 Å². The molecule has 0 saturated carbocycles. The van der Waals surface area contributed by atoms with Crippen LogP contribution < -0.4 is 10.6 Å². The molecule has 0 aliphatic carbocycles. The molecule has 0 spiro atoms. The zero-order valence-electron chi connectivity index (χ0n) is 13.5. The predicted molar refractivity (Wildman–Crippen MR) is 97.3 cm³/mol. The first kappa shape index (κ1) is 17.6. The number of alkyl halides is 1. The molecule has 2 aliphatic rings. The lowest BCUT2D eigenvalue weighted by atomic mass is 10.0. The molecule has 2 fully saturated rings. The maximum Gasteiger partial charge on any atom is 0.251 e. The number of hydrogen-bond donors (Lipinski definition) is 2. The van der Waals surface area contributed by atoms with Crippen LogP contribution in [0.1, 0.15) is 22.3 Å². The van der Waals surface area contributed by atoms with E-state index in [2.05, 4.69) is 10.6 Å². The monoisotopic (exact) mass is 367 g/mol. The Hall–Kier alpha value is -1.24. The van der Waals surface area contributed by atoms with Crippen LogP contribution >= 0.6 is 23.4 Å². The topological polar surface area (TPSA) is 61.4 Å². The largest absolute Gasteiger partial charge is 0.352 e. The van der Waals surface area contributed by atoms with Crippen molar-refractivity contribution in [1.82, 2.24) is 15.5 Å². The fourth-order valence-electron chi connectivity index (χ4n) is 3.10. The van der Waals surface area contributed by atoms with E-state index >= 15 is 0 Å². The van der Waals surface area contributed by atoms with E-state index in [1.54, 1.807) is 17.8 Å². The minimum atomic E-state index is -0.106. The highest BCUT2D eigenvalue weighted by Crippen LogP contribution is 2.20. The molecule has 0 bridgehead atoms. The predicted octanol–water partition coefficient (Wildman–Crippen LogP) is 1.67. The fraction of sp³-hybridized carbons (Fsp3) is 0.529. The van der Waals surface area contributed by atoms with Crippen LogP contribution in [-0.2, 0) is 10.7 Å². The molecule has 7 heteroatoms. The Morgan fingerprint density at radius 3 is 3.04 bits per heavy atom. The molecule has 2 amide bonds. The van der Waals surface area contributed by atoms with Crippen LogP contribution in [0.15, 0.2) is 24.3 Å². The van der Waals surface area contributed by atoms with Gasteiger partial charge in [-0.05, 0) is 30.0 Å². The van der Waals surface area contributed by atoms with Gasteiger partial charge in [-0.25, -0.2) is 0 Å². The third-order valence-electron chi connectivity index (χ3n) is 4.48. The average molecular weight is 368 g/mol. The standard InChI is InChI=1S/C17H22ClN3O2S/c18-8-12-2-1-3-14(6-12)16(22)20-10-13-7-15(19-9-13)17(23)21-4-5-24-11-21/h1-3,6,13,15,19H,4-5,7-11H2,(H,20,22)/t13-,15-/m0/s1. The number of carbonyl (C=O) groups excluding carboxylic acids is 2. The zero-order chi connectivity index (χ0) is 16.9. The second kappa shape index (κ2) is 8.23. The van der Waals surface area contributed by atoms with Crippen molar-refractivity contribution in [2.45, 2.75) is 18.3 Å². The molecule has 2 atom stereocenters. The first-order chi connectivity index (χ1) is 11.7. The molecule has 2 saturated heterocycles. The van der Waals surface area contributed by atoms with Crippen molar-refractivity contribution in [2.75, 3.05) is 31.3 Å². The van der Waals surface area contributed by atoms with Crippen LogP contribution in [0.5, 0.6) is 0 Å². The number of thioether (sulfide) groups is 1. The molecule has 24 heavy (non-hydrogen) atoms. The van der Waals surface area contributed by atoms with Crippen molar-refractivity contribution in [3.8, 4) is 0 Å². The number of amides is 2. The van der Waals surface area contributed by atoms with E-state index in [0.29, 0.717) is 18.0 Å². The zero-order valence-corrected chi connectivity index (χ0v) is 15.0. The lowest BCUT2D eigenvalue weighted by Gasteiger charge is -2.19. The average Bonchev–Trinajstić information content (AvgIpc) is 3.31. The maximum atomic E-state index is 12.4. The summed E-state index contributed by atoms with van der Waals surface area (Å²) in [4.78, 5) is 26.5. The van der Waals surface area contributed by atoms with Gasteiger partial charge in [0.15, 0.2) is 0 Å². The molecule has 130 valence electrons. The minimum Gasteiger partial charge on any atom is -0.352 e. The van der Waals surface area contributed by atoms with E-state index in [1.807, 2.05) is 23.1 Å². The first-order valence-electron chi connectivity index (χ1n) is 8.20. The van der Waals surface area contributed by atoms with Crippen LogP contribution in [0.25, 0.3) is 0 Å². The van der Waals surface area contributed by atoms with E-state index in [1.165, 1.54) is 0 Å². The van der Waals surface area contributed by atoms with Gasteiger partial charge < -0.3 is 15.5 Å². The molecule has 5 nitrogen and oxygen atoms in total. The summed E-state index contributed by atoms with van der Waals surface area (Å²) in [7, 11) is 0. The van der Waals surface area contributed by atoms with Gasteiger partial charge in [0, 0.05) is 36.8 Å². The molecule has 1 aromatic rings. The Balaban J connectivity index is 1.47. The highest BCUT2D eigenvalue weighted by Gasteiger charge is 2.33. The summed E-state index contributed by atoms with van der Waals surface area (Å²) in [6, 6.07) is 7.23. The van der Waals surface area contributed by atoms with E-state index in [4.69, 9.17) is 11.6 Å². The fourth-order valence-corrected chi connectivity index (χ4v) is 4.22. The third-order valence-corrected chi connectivity index (χ3v) is 5.75. The molecule has 2 aliphatic heterocycles. The molecular formula is C17H22ClN3O2S. The van der Waals surface area contributed by atoms with Gasteiger partial charge in [-0.15, -0.1) is 23.4 Å². The molecule has 2 N–H and O–H groups in total. The van der Waals surface area contributed by atoms with Gasteiger partial charge in [0.25, 0.3) is 5.91 Å². The molecule has 0 aromatic heterocycles. The van der Waals surface area contributed by atoms with Crippen LogP contribution in [0, 0.1) is 5.92 Å². The maximum absolute atomic E-state index is 12.4. The van der Waals surface area contributed by atoms with Crippen molar-refractivity contribution < 1.29 is 9.59 Å². The summed E-state index contributed by atoms with van der Waals surface area (Å²) < 4.78 is 0. The number of halogens is 1. The number of rotatable bonds is 5. The minimum absolute atomic E-state index is 0.0901. The van der Waals surface area contributed by atoms with Crippen LogP contribution in [0.2, 0.25) is 0 Å². The van der Waals surface area contributed by atoms with Gasteiger partial charge in [0.2, 0.25) is 5.91 Å². The quantitative estimate of drug-likeness (QED) is 0.777. The second-order valence-corrected chi connectivity index (χ2v) is 7.59. The lowest BCUT2D eigenvalue weighted by Crippen LogP contribution is -2.42. The second-order valence-electron chi connectivity index (χ2n) is 6.25. The number of nitrogens with one attached hydrogen (secondary N) is 2. The number of benzene rings is 1. The molecule has 1 aromatic carbocycles. The normalized spacial score (nSPS) is 23.5. The molecule has 0 radical (unpaired) electrons. The Labute approximate surface area is 151 Å². The van der Waals surface area contributed by atoms with Crippen molar-refractivity contribution >= 4 is 35.2 Å². The first-order valence-corrected chi connectivity index (χ1v) is 9.89. The van der Waals surface area contributed by atoms with Gasteiger partial charge >= 0.3 is 0 Å².